The van der Waals surface area contributed by atoms with Gasteiger partial charge >= 0.3 is 0 Å². The van der Waals surface area contributed by atoms with Crippen LogP contribution < -0.4 is 0 Å². The van der Waals surface area contributed by atoms with E-state index in [4.69, 9.17) is 0 Å². The largest absolute Gasteiger partial charge is 0.301 e. The summed E-state index contributed by atoms with van der Waals surface area (Å²) in [5.41, 5.74) is 0.680. The molecule has 0 aliphatic carbocycles. The van der Waals surface area contributed by atoms with Crippen molar-refractivity contribution in [2.75, 3.05) is 39.3 Å². The van der Waals surface area contributed by atoms with E-state index in [9.17, 15) is 0 Å². The van der Waals surface area contributed by atoms with E-state index >= 15 is 0 Å². The number of nitrogens with zero attached hydrogens (tertiary/aromatic N) is 3. The Morgan fingerprint density at radius 3 is 2.00 bits per heavy atom. The average Bonchev–Trinajstić information content (AvgIpc) is 2.26. The van der Waals surface area contributed by atoms with Gasteiger partial charge in [-0.1, -0.05) is 6.92 Å². The van der Waals surface area contributed by atoms with Crippen LogP contribution in [0.1, 0.15) is 41.0 Å². The van der Waals surface area contributed by atoms with Crippen LogP contribution in [0.15, 0.2) is 0 Å². The van der Waals surface area contributed by atoms with Gasteiger partial charge in [-0.2, -0.15) is 0 Å². The molecule has 3 aliphatic heterocycles. The highest BCUT2D eigenvalue weighted by Gasteiger charge is 2.54. The highest BCUT2D eigenvalue weighted by Crippen LogP contribution is 2.43. The standard InChI is InChI=1S/C17H33N3/c1-13(2)18-7-6-16(15(5)8-18)20-11-17(12-20)9-19(10-17)14(3)4/h13-16H,6-12H2,1-5H3. The molecule has 0 saturated carbocycles. The van der Waals surface area contributed by atoms with Crippen molar-refractivity contribution >= 4 is 0 Å². The van der Waals surface area contributed by atoms with Gasteiger partial charge in [0.25, 0.3) is 0 Å². The first-order valence-electron chi connectivity index (χ1n) is 8.62. The predicted octanol–water partition coefficient (Wildman–Crippen LogP) is 2.13. The second-order valence-electron chi connectivity index (χ2n) is 8.33. The minimum Gasteiger partial charge on any atom is -0.301 e. The van der Waals surface area contributed by atoms with E-state index in [1.165, 1.54) is 45.7 Å². The summed E-state index contributed by atoms with van der Waals surface area (Å²) in [5, 5.41) is 0. The zero-order chi connectivity index (χ0) is 14.5. The second kappa shape index (κ2) is 5.26. The molecule has 3 nitrogen and oxygen atoms in total. The van der Waals surface area contributed by atoms with Gasteiger partial charge in [-0.25, -0.2) is 0 Å². The maximum absolute atomic E-state index is 2.79. The Morgan fingerprint density at radius 1 is 0.900 bits per heavy atom. The van der Waals surface area contributed by atoms with Crippen LogP contribution in [0.3, 0.4) is 0 Å². The Morgan fingerprint density at radius 2 is 1.50 bits per heavy atom. The summed E-state index contributed by atoms with van der Waals surface area (Å²) in [6.07, 6.45) is 1.38. The number of likely N-dealkylation sites (tertiary alicyclic amines) is 3. The van der Waals surface area contributed by atoms with E-state index in [0.717, 1.165) is 18.0 Å². The fraction of sp³-hybridized carbons (Fsp3) is 1.00. The monoisotopic (exact) mass is 279 g/mol. The number of hydrogen-bond donors (Lipinski definition) is 0. The smallest absolute Gasteiger partial charge is 0.0212 e. The van der Waals surface area contributed by atoms with Crippen LogP contribution in [0.2, 0.25) is 0 Å². The molecule has 3 heterocycles. The summed E-state index contributed by atoms with van der Waals surface area (Å²) in [4.78, 5) is 8.07. The summed E-state index contributed by atoms with van der Waals surface area (Å²) in [7, 11) is 0. The fourth-order valence-electron chi connectivity index (χ4n) is 4.61. The first kappa shape index (κ1) is 14.8. The number of rotatable bonds is 3. The van der Waals surface area contributed by atoms with Gasteiger partial charge in [-0.05, 0) is 46.6 Å². The molecule has 3 rings (SSSR count). The van der Waals surface area contributed by atoms with Gasteiger partial charge in [0.15, 0.2) is 0 Å². The first-order chi connectivity index (χ1) is 9.40. The Hall–Kier alpha value is -0.120. The van der Waals surface area contributed by atoms with E-state index in [-0.39, 0.29) is 0 Å². The Kier molecular flexibility index (Phi) is 3.89. The molecule has 1 spiro atoms. The normalized spacial score (nSPS) is 35.5. The molecular weight excluding hydrogens is 246 g/mol. The molecule has 2 unspecified atom stereocenters. The van der Waals surface area contributed by atoms with Crippen molar-refractivity contribution in [3.05, 3.63) is 0 Å². The van der Waals surface area contributed by atoms with E-state index in [1.54, 1.807) is 0 Å². The summed E-state index contributed by atoms with van der Waals surface area (Å²) in [5.74, 6) is 0.838. The van der Waals surface area contributed by atoms with Gasteiger partial charge in [0, 0.05) is 56.3 Å². The molecule has 20 heavy (non-hydrogen) atoms. The first-order valence-corrected chi connectivity index (χ1v) is 8.62. The van der Waals surface area contributed by atoms with Gasteiger partial charge in [-0.3, -0.25) is 9.80 Å². The van der Waals surface area contributed by atoms with Crippen LogP contribution in [-0.4, -0.2) is 72.1 Å². The van der Waals surface area contributed by atoms with Gasteiger partial charge in [0.2, 0.25) is 0 Å². The van der Waals surface area contributed by atoms with Crippen LogP contribution in [0, 0.1) is 11.3 Å². The summed E-state index contributed by atoms with van der Waals surface area (Å²) in [6.45, 7) is 19.8. The average molecular weight is 279 g/mol. The maximum atomic E-state index is 2.79. The molecule has 0 aromatic carbocycles. The van der Waals surface area contributed by atoms with Crippen molar-refractivity contribution in [3.63, 3.8) is 0 Å². The van der Waals surface area contributed by atoms with Gasteiger partial charge < -0.3 is 4.90 Å². The molecule has 0 radical (unpaired) electrons. The van der Waals surface area contributed by atoms with Crippen molar-refractivity contribution in [2.24, 2.45) is 11.3 Å². The molecule has 2 atom stereocenters. The van der Waals surface area contributed by atoms with Crippen molar-refractivity contribution < 1.29 is 0 Å². The summed E-state index contributed by atoms with van der Waals surface area (Å²) >= 11 is 0. The van der Waals surface area contributed by atoms with Crippen LogP contribution in [0.5, 0.6) is 0 Å². The highest BCUT2D eigenvalue weighted by molar-refractivity contribution is 5.08. The summed E-state index contributed by atoms with van der Waals surface area (Å²) in [6, 6.07) is 2.30. The third-order valence-corrected chi connectivity index (χ3v) is 5.98. The molecule has 0 aromatic heterocycles. The molecule has 3 saturated heterocycles. The molecule has 0 amide bonds. The van der Waals surface area contributed by atoms with Crippen molar-refractivity contribution in [2.45, 2.75) is 59.2 Å². The van der Waals surface area contributed by atoms with Crippen LogP contribution in [0.25, 0.3) is 0 Å². The predicted molar refractivity (Wildman–Crippen MR) is 85.0 cm³/mol. The number of hydrogen-bond acceptors (Lipinski definition) is 3. The van der Waals surface area contributed by atoms with Crippen molar-refractivity contribution in [3.8, 4) is 0 Å². The van der Waals surface area contributed by atoms with E-state index < -0.39 is 0 Å². The molecule has 116 valence electrons. The Labute approximate surface area is 125 Å². The number of piperidine rings is 1. The lowest BCUT2D eigenvalue weighted by Crippen LogP contribution is -2.75. The molecule has 0 aromatic rings. The Bertz CT molecular complexity index is 338. The van der Waals surface area contributed by atoms with Crippen LogP contribution in [0.4, 0.5) is 0 Å². The van der Waals surface area contributed by atoms with E-state index in [1.807, 2.05) is 0 Å². The van der Waals surface area contributed by atoms with Gasteiger partial charge in [0.1, 0.15) is 0 Å². The lowest BCUT2D eigenvalue weighted by Gasteiger charge is -2.64. The van der Waals surface area contributed by atoms with Crippen LogP contribution >= 0.6 is 0 Å². The van der Waals surface area contributed by atoms with Gasteiger partial charge in [-0.15, -0.1) is 0 Å². The molecule has 0 N–H and O–H groups in total. The zero-order valence-electron chi connectivity index (χ0n) is 14.1. The summed E-state index contributed by atoms with van der Waals surface area (Å²) < 4.78 is 0. The van der Waals surface area contributed by atoms with Crippen LogP contribution in [-0.2, 0) is 0 Å². The molecular formula is C17H33N3. The molecule has 3 fully saturated rings. The third-order valence-electron chi connectivity index (χ3n) is 5.98. The lowest BCUT2D eigenvalue weighted by atomic mass is 9.70. The zero-order valence-corrected chi connectivity index (χ0v) is 14.1. The van der Waals surface area contributed by atoms with Crippen molar-refractivity contribution in [1.29, 1.82) is 0 Å². The Balaban J connectivity index is 1.47. The topological polar surface area (TPSA) is 9.72 Å². The maximum Gasteiger partial charge on any atom is 0.0212 e. The third kappa shape index (κ3) is 2.53. The fourth-order valence-corrected chi connectivity index (χ4v) is 4.61. The van der Waals surface area contributed by atoms with E-state index in [2.05, 4.69) is 49.3 Å². The quantitative estimate of drug-likeness (QED) is 0.783. The minimum absolute atomic E-state index is 0.680. The molecule has 3 heteroatoms. The van der Waals surface area contributed by atoms with E-state index in [0.29, 0.717) is 11.5 Å². The van der Waals surface area contributed by atoms with Crippen molar-refractivity contribution in [1.82, 2.24) is 14.7 Å². The lowest BCUT2D eigenvalue weighted by molar-refractivity contribution is -0.152. The molecule has 3 aliphatic rings. The SMILES string of the molecule is CC1CN(C(C)C)CCC1N1CC2(CN(C(C)C)C2)C1. The second-order valence-corrected chi connectivity index (χ2v) is 8.33. The molecule has 0 bridgehead atoms. The van der Waals surface area contributed by atoms with Gasteiger partial charge in [0.05, 0.1) is 0 Å². The highest BCUT2D eigenvalue weighted by atomic mass is 15.3. The minimum atomic E-state index is 0.680.